The highest BCUT2D eigenvalue weighted by Crippen LogP contribution is 2.50. The molecule has 2 N–H and O–H groups in total. The fourth-order valence-electron chi connectivity index (χ4n) is 4.41. The van der Waals surface area contributed by atoms with Crippen molar-refractivity contribution >= 4 is 23.5 Å². The van der Waals surface area contributed by atoms with Gasteiger partial charge in [0.15, 0.2) is 0 Å². The van der Waals surface area contributed by atoms with E-state index in [0.717, 1.165) is 0 Å². The van der Waals surface area contributed by atoms with Gasteiger partial charge in [-0.3, -0.25) is 19.7 Å². The lowest BCUT2D eigenvalue weighted by Crippen LogP contribution is -2.54. The fourth-order valence-corrected chi connectivity index (χ4v) is 4.41. The van der Waals surface area contributed by atoms with Gasteiger partial charge in [0.25, 0.3) is 0 Å². The van der Waals surface area contributed by atoms with Crippen LogP contribution >= 0.6 is 0 Å². The Kier molecular flexibility index (Phi) is 4.62. The molecule has 2 saturated heterocycles. The number of carbonyl (C=O) groups is 3. The third-order valence-corrected chi connectivity index (χ3v) is 5.75. The number of anilines is 1. The van der Waals surface area contributed by atoms with Crippen LogP contribution in [0, 0.1) is 11.8 Å². The smallest absolute Gasteiger partial charge is 0.326 e. The van der Waals surface area contributed by atoms with Crippen LogP contribution in [0.1, 0.15) is 25.5 Å². The number of benzene rings is 2. The van der Waals surface area contributed by atoms with Crippen LogP contribution in [0.2, 0.25) is 0 Å². The van der Waals surface area contributed by atoms with E-state index in [1.807, 2.05) is 0 Å². The number of phenols is 1. The van der Waals surface area contributed by atoms with E-state index in [4.69, 9.17) is 4.74 Å². The average Bonchev–Trinajstić information content (AvgIpc) is 3.17. The molecule has 2 amide bonds. The lowest BCUT2D eigenvalue weighted by atomic mass is 9.80. The van der Waals surface area contributed by atoms with Gasteiger partial charge in [-0.2, -0.15) is 0 Å². The quantitative estimate of drug-likeness (QED) is 0.610. The first kappa shape index (κ1) is 19.1. The van der Waals surface area contributed by atoms with Crippen molar-refractivity contribution in [3.63, 3.8) is 0 Å². The first-order valence-corrected chi connectivity index (χ1v) is 9.55. The molecule has 0 bridgehead atoms. The molecule has 0 unspecified atom stereocenters. The Hall–Kier alpha value is -3.19. The Morgan fingerprint density at radius 3 is 2.38 bits per heavy atom. The number of phenolic OH excluding ortho intramolecular Hbond substituents is 1. The number of rotatable bonds is 4. The standard InChI is InChI=1S/C22H22N2O5/c1-3-29-21(28)22(2)17-16(18(23-22)13-9-11-15(25)12-10-13)19(26)24(20(17)27)14-7-5-4-6-8-14/h4-12,16-18,23,25H,3H2,1-2H3/t16-,17-,18-,22-/m1/s1. The number of imide groups is 1. The third kappa shape index (κ3) is 2.89. The normalized spacial score (nSPS) is 28.5. The van der Waals surface area contributed by atoms with E-state index < -0.39 is 35.3 Å². The molecule has 0 radical (unpaired) electrons. The van der Waals surface area contributed by atoms with Gasteiger partial charge in [-0.05, 0) is 43.7 Å². The molecule has 2 aliphatic rings. The van der Waals surface area contributed by atoms with Gasteiger partial charge in [0.2, 0.25) is 11.8 Å². The zero-order valence-corrected chi connectivity index (χ0v) is 16.2. The van der Waals surface area contributed by atoms with Crippen molar-refractivity contribution < 1.29 is 24.2 Å². The summed E-state index contributed by atoms with van der Waals surface area (Å²) in [4.78, 5) is 40.7. The molecule has 7 heteroatoms. The van der Waals surface area contributed by atoms with Crippen molar-refractivity contribution in [2.75, 3.05) is 11.5 Å². The second-order valence-corrected chi connectivity index (χ2v) is 7.49. The van der Waals surface area contributed by atoms with Gasteiger partial charge in [-0.1, -0.05) is 30.3 Å². The number of para-hydroxylation sites is 1. The predicted octanol–water partition coefficient (Wildman–Crippen LogP) is 2.16. The van der Waals surface area contributed by atoms with E-state index in [1.54, 1.807) is 56.3 Å². The largest absolute Gasteiger partial charge is 0.508 e. The lowest BCUT2D eigenvalue weighted by Gasteiger charge is -2.29. The van der Waals surface area contributed by atoms with E-state index in [2.05, 4.69) is 5.32 Å². The van der Waals surface area contributed by atoms with Crippen molar-refractivity contribution in [1.29, 1.82) is 0 Å². The van der Waals surface area contributed by atoms with Crippen LogP contribution in [0.4, 0.5) is 5.69 Å². The van der Waals surface area contributed by atoms with Crippen LogP contribution in [-0.4, -0.2) is 35.0 Å². The SMILES string of the molecule is CCOC(=O)[C@]1(C)N[C@H](c2ccc(O)cc2)[C@@H]2C(=O)N(c3ccccc3)C(=O)[C@@H]21. The highest BCUT2D eigenvalue weighted by Gasteiger charge is 2.67. The minimum absolute atomic E-state index is 0.0937. The van der Waals surface area contributed by atoms with Gasteiger partial charge in [-0.25, -0.2) is 4.90 Å². The molecular formula is C22H22N2O5. The molecule has 2 heterocycles. The Morgan fingerprint density at radius 2 is 1.76 bits per heavy atom. The highest BCUT2D eigenvalue weighted by molar-refractivity contribution is 6.24. The monoisotopic (exact) mass is 394 g/mol. The first-order valence-electron chi connectivity index (χ1n) is 9.55. The Morgan fingerprint density at radius 1 is 1.10 bits per heavy atom. The number of hydrogen-bond donors (Lipinski definition) is 2. The Balaban J connectivity index is 1.81. The summed E-state index contributed by atoms with van der Waals surface area (Å²) in [6, 6.07) is 14.5. The van der Waals surface area contributed by atoms with E-state index >= 15 is 0 Å². The van der Waals surface area contributed by atoms with Gasteiger partial charge in [0.05, 0.1) is 24.1 Å². The van der Waals surface area contributed by atoms with Crippen molar-refractivity contribution in [2.24, 2.45) is 11.8 Å². The molecule has 4 rings (SSSR count). The Labute approximate surface area is 168 Å². The number of carbonyl (C=O) groups excluding carboxylic acids is 3. The molecule has 0 aliphatic carbocycles. The summed E-state index contributed by atoms with van der Waals surface area (Å²) >= 11 is 0. The minimum Gasteiger partial charge on any atom is -0.508 e. The van der Waals surface area contributed by atoms with Gasteiger partial charge < -0.3 is 9.84 Å². The highest BCUT2D eigenvalue weighted by atomic mass is 16.5. The molecular weight excluding hydrogens is 372 g/mol. The Bertz CT molecular complexity index is 959. The molecule has 2 aromatic carbocycles. The maximum Gasteiger partial charge on any atom is 0.326 e. The van der Waals surface area contributed by atoms with Crippen LogP contribution in [0.5, 0.6) is 5.75 Å². The summed E-state index contributed by atoms with van der Waals surface area (Å²) < 4.78 is 5.24. The number of aromatic hydroxyl groups is 1. The number of nitrogens with one attached hydrogen (secondary N) is 1. The summed E-state index contributed by atoms with van der Waals surface area (Å²) in [5.41, 5.74) is -0.158. The molecule has 29 heavy (non-hydrogen) atoms. The van der Waals surface area contributed by atoms with E-state index in [9.17, 15) is 19.5 Å². The second kappa shape index (κ2) is 7.00. The van der Waals surface area contributed by atoms with Crippen LogP contribution in [-0.2, 0) is 19.1 Å². The summed E-state index contributed by atoms with van der Waals surface area (Å²) in [6.45, 7) is 3.48. The van der Waals surface area contributed by atoms with Crippen molar-refractivity contribution in [3.05, 3.63) is 60.2 Å². The summed E-state index contributed by atoms with van der Waals surface area (Å²) in [5, 5.41) is 12.8. The van der Waals surface area contributed by atoms with Gasteiger partial charge >= 0.3 is 5.97 Å². The fraction of sp³-hybridized carbons (Fsp3) is 0.318. The molecule has 0 saturated carbocycles. The van der Waals surface area contributed by atoms with Crippen molar-refractivity contribution in [3.8, 4) is 5.75 Å². The topological polar surface area (TPSA) is 95.9 Å². The van der Waals surface area contributed by atoms with Crippen LogP contribution in [0.3, 0.4) is 0 Å². The third-order valence-electron chi connectivity index (χ3n) is 5.75. The number of esters is 1. The summed E-state index contributed by atoms with van der Waals surface area (Å²) in [6.07, 6.45) is 0. The van der Waals surface area contributed by atoms with Crippen molar-refractivity contribution in [1.82, 2.24) is 5.32 Å². The number of ether oxygens (including phenoxy) is 1. The van der Waals surface area contributed by atoms with Gasteiger partial charge in [-0.15, -0.1) is 0 Å². The van der Waals surface area contributed by atoms with Crippen molar-refractivity contribution in [2.45, 2.75) is 25.4 Å². The molecule has 150 valence electrons. The predicted molar refractivity (Wildman–Crippen MR) is 105 cm³/mol. The van der Waals surface area contributed by atoms with Gasteiger partial charge in [0, 0.05) is 6.04 Å². The molecule has 2 aliphatic heterocycles. The van der Waals surface area contributed by atoms with E-state index in [-0.39, 0.29) is 18.3 Å². The molecule has 7 nitrogen and oxygen atoms in total. The number of nitrogens with zero attached hydrogens (tertiary/aromatic N) is 1. The first-order chi connectivity index (χ1) is 13.9. The molecule has 2 fully saturated rings. The average molecular weight is 394 g/mol. The molecule has 2 aromatic rings. The van der Waals surface area contributed by atoms with Crippen LogP contribution in [0.25, 0.3) is 0 Å². The second-order valence-electron chi connectivity index (χ2n) is 7.49. The molecule has 4 atom stereocenters. The zero-order valence-electron chi connectivity index (χ0n) is 16.2. The maximum absolute atomic E-state index is 13.4. The molecule has 0 aromatic heterocycles. The maximum atomic E-state index is 13.4. The molecule has 0 spiro atoms. The minimum atomic E-state index is -1.35. The summed E-state index contributed by atoms with van der Waals surface area (Å²) in [5.74, 6) is -2.90. The van der Waals surface area contributed by atoms with Crippen LogP contribution < -0.4 is 10.2 Å². The zero-order chi connectivity index (χ0) is 20.8. The number of hydrogen-bond acceptors (Lipinski definition) is 6. The lowest BCUT2D eigenvalue weighted by molar-refractivity contribution is -0.153. The van der Waals surface area contributed by atoms with E-state index in [0.29, 0.717) is 11.3 Å². The number of amides is 2. The van der Waals surface area contributed by atoms with Crippen LogP contribution in [0.15, 0.2) is 54.6 Å². The number of fused-ring (bicyclic) bond motifs is 1. The van der Waals surface area contributed by atoms with Gasteiger partial charge in [0.1, 0.15) is 11.3 Å². The summed E-state index contributed by atoms with van der Waals surface area (Å²) in [7, 11) is 0. The van der Waals surface area contributed by atoms with E-state index in [1.165, 1.54) is 17.0 Å².